The van der Waals surface area contributed by atoms with Crippen LogP contribution in [0.3, 0.4) is 0 Å². The number of nitrogens with zero attached hydrogens (tertiary/aromatic N) is 2. The molecular weight excluding hydrogens is 417 g/mol. The van der Waals surface area contributed by atoms with Gasteiger partial charge in [-0.25, -0.2) is 0 Å². The van der Waals surface area contributed by atoms with E-state index in [1.807, 2.05) is 25.1 Å². The maximum atomic E-state index is 12.8. The molecule has 0 fully saturated rings. The number of rotatable bonds is 6. The fourth-order valence-corrected chi connectivity index (χ4v) is 2.80. The van der Waals surface area contributed by atoms with Gasteiger partial charge in [-0.1, -0.05) is 30.0 Å². The van der Waals surface area contributed by atoms with E-state index in [4.69, 9.17) is 0 Å². The zero-order valence-electron chi connectivity index (χ0n) is 18.4. The molecule has 2 rings (SSSR count). The summed E-state index contributed by atoms with van der Waals surface area (Å²) in [5, 5.41) is 6.15. The number of benzene rings is 2. The molecule has 0 saturated heterocycles. The number of alkyl halides is 3. The standard InChI is InChI=1S/C24H27F3N4O/c1-4-28-23(29-14-7-10-18-9-6-12-21(17-18)24(25,26)27)30-15-13-19-8-5-11-20(16-19)22(32)31(2)3/h5-6,8-9,11-12,16-17H,4,13-15H2,1-3H3,(H2,28,29,30). The van der Waals surface area contributed by atoms with Gasteiger partial charge in [-0.05, 0) is 49.2 Å². The minimum atomic E-state index is -4.39. The van der Waals surface area contributed by atoms with E-state index in [0.717, 1.165) is 17.7 Å². The molecule has 2 aromatic rings. The highest BCUT2D eigenvalue weighted by molar-refractivity contribution is 5.94. The molecule has 0 spiro atoms. The molecule has 8 heteroatoms. The average molecular weight is 445 g/mol. The summed E-state index contributed by atoms with van der Waals surface area (Å²) in [6.45, 7) is 3.31. The highest BCUT2D eigenvalue weighted by Crippen LogP contribution is 2.29. The van der Waals surface area contributed by atoms with Crippen LogP contribution in [0.15, 0.2) is 53.5 Å². The quantitative estimate of drug-likeness (QED) is 0.407. The van der Waals surface area contributed by atoms with Crippen LogP contribution in [0.5, 0.6) is 0 Å². The van der Waals surface area contributed by atoms with Crippen LogP contribution in [0.2, 0.25) is 0 Å². The fraction of sp³-hybridized carbons (Fsp3) is 0.333. The lowest BCUT2D eigenvalue weighted by molar-refractivity contribution is -0.137. The Morgan fingerprint density at radius 3 is 2.53 bits per heavy atom. The molecular formula is C24H27F3N4O. The molecule has 0 unspecified atom stereocenters. The molecule has 170 valence electrons. The smallest absolute Gasteiger partial charge is 0.357 e. The molecule has 0 aliphatic rings. The summed E-state index contributed by atoms with van der Waals surface area (Å²) in [6.07, 6.45) is -3.74. The second-order valence-electron chi connectivity index (χ2n) is 7.14. The van der Waals surface area contributed by atoms with Gasteiger partial charge in [0, 0.05) is 38.3 Å². The Balaban J connectivity index is 1.94. The van der Waals surface area contributed by atoms with Crippen molar-refractivity contribution in [2.75, 3.05) is 33.7 Å². The minimum Gasteiger partial charge on any atom is -0.357 e. The van der Waals surface area contributed by atoms with Crippen molar-refractivity contribution in [2.45, 2.75) is 19.5 Å². The maximum Gasteiger partial charge on any atom is 0.416 e. The first-order valence-corrected chi connectivity index (χ1v) is 10.2. The van der Waals surface area contributed by atoms with Gasteiger partial charge in [-0.3, -0.25) is 9.79 Å². The van der Waals surface area contributed by atoms with Crippen LogP contribution in [-0.4, -0.2) is 50.5 Å². The second kappa shape index (κ2) is 11.8. The molecule has 0 saturated carbocycles. The Kier molecular flexibility index (Phi) is 9.14. The van der Waals surface area contributed by atoms with E-state index in [-0.39, 0.29) is 12.5 Å². The van der Waals surface area contributed by atoms with E-state index in [1.165, 1.54) is 17.0 Å². The maximum absolute atomic E-state index is 12.8. The highest BCUT2D eigenvalue weighted by atomic mass is 19.4. The molecule has 0 atom stereocenters. The number of hydrogen-bond donors (Lipinski definition) is 2. The molecule has 32 heavy (non-hydrogen) atoms. The summed E-state index contributed by atoms with van der Waals surface area (Å²) in [4.78, 5) is 18.1. The Morgan fingerprint density at radius 1 is 1.09 bits per heavy atom. The normalized spacial score (nSPS) is 11.4. The Morgan fingerprint density at radius 2 is 1.84 bits per heavy atom. The largest absolute Gasteiger partial charge is 0.416 e. The number of aliphatic imine (C=N–C) groups is 1. The van der Waals surface area contributed by atoms with Gasteiger partial charge < -0.3 is 15.5 Å². The molecule has 0 aliphatic carbocycles. The van der Waals surface area contributed by atoms with Crippen molar-refractivity contribution in [1.82, 2.24) is 15.5 Å². The van der Waals surface area contributed by atoms with E-state index in [9.17, 15) is 18.0 Å². The minimum absolute atomic E-state index is 0.0512. The molecule has 1 amide bonds. The first-order valence-electron chi connectivity index (χ1n) is 10.2. The van der Waals surface area contributed by atoms with Crippen LogP contribution in [0.25, 0.3) is 0 Å². The Labute approximate surface area is 186 Å². The lowest BCUT2D eigenvalue weighted by Gasteiger charge is -2.11. The van der Waals surface area contributed by atoms with Crippen molar-refractivity contribution < 1.29 is 18.0 Å². The predicted molar refractivity (Wildman–Crippen MR) is 120 cm³/mol. The molecule has 0 aliphatic heterocycles. The fourth-order valence-electron chi connectivity index (χ4n) is 2.80. The van der Waals surface area contributed by atoms with Crippen molar-refractivity contribution in [1.29, 1.82) is 0 Å². The molecule has 2 aromatic carbocycles. The number of nitrogens with one attached hydrogen (secondary N) is 2. The number of hydrogen-bond acceptors (Lipinski definition) is 2. The van der Waals surface area contributed by atoms with Gasteiger partial charge in [0.05, 0.1) is 12.1 Å². The van der Waals surface area contributed by atoms with Crippen molar-refractivity contribution in [3.05, 3.63) is 70.8 Å². The molecule has 2 N–H and O–H groups in total. The van der Waals surface area contributed by atoms with Crippen LogP contribution < -0.4 is 10.6 Å². The van der Waals surface area contributed by atoms with E-state index in [1.54, 1.807) is 20.2 Å². The van der Waals surface area contributed by atoms with Gasteiger partial charge in [0.25, 0.3) is 5.91 Å². The third-order valence-corrected chi connectivity index (χ3v) is 4.36. The zero-order valence-corrected chi connectivity index (χ0v) is 18.4. The topological polar surface area (TPSA) is 56.7 Å². The summed E-state index contributed by atoms with van der Waals surface area (Å²) in [7, 11) is 3.42. The first kappa shape index (κ1) is 24.8. The van der Waals surface area contributed by atoms with Gasteiger partial charge in [0.2, 0.25) is 0 Å². The summed E-state index contributed by atoms with van der Waals surface area (Å²) in [6, 6.07) is 12.4. The van der Waals surface area contributed by atoms with Crippen LogP contribution in [0, 0.1) is 11.8 Å². The van der Waals surface area contributed by atoms with Gasteiger partial charge >= 0.3 is 6.18 Å². The monoisotopic (exact) mass is 444 g/mol. The summed E-state index contributed by atoms with van der Waals surface area (Å²) in [5.41, 5.74) is 1.22. The van der Waals surface area contributed by atoms with Gasteiger partial charge in [0.1, 0.15) is 0 Å². The third-order valence-electron chi connectivity index (χ3n) is 4.36. The number of carbonyl (C=O) groups is 1. The van der Waals surface area contributed by atoms with Crippen LogP contribution in [0.1, 0.15) is 34.0 Å². The lowest BCUT2D eigenvalue weighted by Crippen LogP contribution is -2.37. The predicted octanol–water partition coefficient (Wildman–Crippen LogP) is 3.56. The van der Waals surface area contributed by atoms with Crippen molar-refractivity contribution in [3.8, 4) is 11.8 Å². The Bertz CT molecular complexity index is 1000. The van der Waals surface area contributed by atoms with Crippen LogP contribution in [0.4, 0.5) is 13.2 Å². The van der Waals surface area contributed by atoms with E-state index in [2.05, 4.69) is 27.5 Å². The second-order valence-corrected chi connectivity index (χ2v) is 7.14. The SMILES string of the molecule is CCNC(=NCCc1cccc(C(=O)N(C)C)c1)NCC#Cc1cccc(C(F)(F)F)c1. The number of carbonyl (C=O) groups excluding carboxylic acids is 1. The summed E-state index contributed by atoms with van der Waals surface area (Å²) < 4.78 is 38.3. The van der Waals surface area contributed by atoms with Crippen molar-refractivity contribution >= 4 is 11.9 Å². The lowest BCUT2D eigenvalue weighted by atomic mass is 10.1. The van der Waals surface area contributed by atoms with E-state index in [0.29, 0.717) is 36.6 Å². The van der Waals surface area contributed by atoms with E-state index < -0.39 is 11.7 Å². The molecule has 0 heterocycles. The van der Waals surface area contributed by atoms with Crippen molar-refractivity contribution in [3.63, 3.8) is 0 Å². The number of amides is 1. The number of halogens is 3. The van der Waals surface area contributed by atoms with Crippen molar-refractivity contribution in [2.24, 2.45) is 4.99 Å². The van der Waals surface area contributed by atoms with Gasteiger partial charge in [-0.2, -0.15) is 13.2 Å². The van der Waals surface area contributed by atoms with Crippen LogP contribution >= 0.6 is 0 Å². The van der Waals surface area contributed by atoms with E-state index >= 15 is 0 Å². The van der Waals surface area contributed by atoms with Gasteiger partial charge in [0.15, 0.2) is 5.96 Å². The summed E-state index contributed by atoms with van der Waals surface area (Å²) >= 11 is 0. The molecule has 0 bridgehead atoms. The molecule has 0 aromatic heterocycles. The zero-order chi connectivity index (χ0) is 23.6. The number of guanidine groups is 1. The summed E-state index contributed by atoms with van der Waals surface area (Å²) in [5.74, 6) is 6.06. The Hall–Kier alpha value is -3.47. The average Bonchev–Trinajstić information content (AvgIpc) is 2.76. The highest BCUT2D eigenvalue weighted by Gasteiger charge is 2.30. The third kappa shape index (κ3) is 7.99. The molecule has 5 nitrogen and oxygen atoms in total. The van der Waals surface area contributed by atoms with Gasteiger partial charge in [-0.15, -0.1) is 0 Å². The first-order chi connectivity index (χ1) is 15.2. The molecule has 0 radical (unpaired) electrons. The van der Waals surface area contributed by atoms with Crippen LogP contribution in [-0.2, 0) is 12.6 Å².